The summed E-state index contributed by atoms with van der Waals surface area (Å²) in [5.74, 6) is -0.0883. The molecule has 0 aliphatic heterocycles. The number of hydrogen-bond acceptors (Lipinski definition) is 4. The summed E-state index contributed by atoms with van der Waals surface area (Å²) in [6.45, 7) is 8.73. The lowest BCUT2D eigenvalue weighted by Crippen LogP contribution is -2.13. The average molecular weight is 434 g/mol. The second-order valence-corrected chi connectivity index (χ2v) is 11.0. The largest absolute Gasteiger partial charge is 0.264 e. The quantitative estimate of drug-likeness (QED) is 0.441. The van der Waals surface area contributed by atoms with Gasteiger partial charge >= 0.3 is 0 Å². The molecule has 0 fully saturated rings. The first-order valence-corrected chi connectivity index (χ1v) is 12.0. The van der Waals surface area contributed by atoms with E-state index in [1.54, 1.807) is 23.0 Å². The van der Waals surface area contributed by atoms with E-state index in [4.69, 9.17) is 0 Å². The molecule has 4 aromatic rings. The maximum absolute atomic E-state index is 13.1. The Bertz CT molecular complexity index is 1330. The minimum absolute atomic E-state index is 0.0218. The first-order chi connectivity index (χ1) is 14.6. The van der Waals surface area contributed by atoms with Crippen LogP contribution < -0.4 is 0 Å². The van der Waals surface area contributed by atoms with Crippen LogP contribution in [-0.2, 0) is 27.5 Å². The second kappa shape index (κ2) is 7.93. The highest BCUT2D eigenvalue weighted by Gasteiger charge is 2.21. The molecule has 0 saturated heterocycles. The van der Waals surface area contributed by atoms with Crippen molar-refractivity contribution in [2.75, 3.05) is 0 Å². The smallest absolute Gasteiger partial charge is 0.184 e. The van der Waals surface area contributed by atoms with Gasteiger partial charge in [0.2, 0.25) is 0 Å². The van der Waals surface area contributed by atoms with Crippen LogP contribution in [0.1, 0.15) is 43.3 Å². The molecule has 0 amide bonds. The number of rotatable bonds is 5. The monoisotopic (exact) mass is 433 g/mol. The summed E-state index contributed by atoms with van der Waals surface area (Å²) in [4.78, 5) is 4.52. The third kappa shape index (κ3) is 4.54. The van der Waals surface area contributed by atoms with Crippen molar-refractivity contribution >= 4 is 20.6 Å². The molecule has 5 nitrogen and oxygen atoms in total. The topological polar surface area (TPSA) is 64.8 Å². The van der Waals surface area contributed by atoms with Crippen LogP contribution >= 0.6 is 0 Å². The van der Waals surface area contributed by atoms with Gasteiger partial charge in [-0.3, -0.25) is 9.67 Å². The van der Waals surface area contributed by atoms with Crippen molar-refractivity contribution in [2.24, 2.45) is 0 Å². The van der Waals surface area contributed by atoms with Crippen LogP contribution in [0.4, 0.5) is 0 Å². The zero-order valence-electron chi connectivity index (χ0n) is 18.3. The van der Waals surface area contributed by atoms with E-state index in [2.05, 4.69) is 30.9 Å². The summed E-state index contributed by atoms with van der Waals surface area (Å²) >= 11 is 0. The third-order valence-electron chi connectivity index (χ3n) is 5.49. The van der Waals surface area contributed by atoms with Gasteiger partial charge in [0.1, 0.15) is 0 Å². The van der Waals surface area contributed by atoms with Gasteiger partial charge in [0.05, 0.1) is 28.6 Å². The minimum atomic E-state index is -3.49. The van der Waals surface area contributed by atoms with Crippen molar-refractivity contribution in [2.45, 2.75) is 50.3 Å². The standard InChI is InChI=1S/C25H27N3O2S/c1-18-14-22(17-31(29,30)23-10-8-21(9-11-23)25(2,3)4)28(27-18)16-20-7-5-6-19-15-26-13-12-24(19)20/h5-15H,16-17H2,1-4H3. The van der Waals surface area contributed by atoms with E-state index in [1.807, 2.05) is 55.6 Å². The molecule has 0 unspecified atom stereocenters. The molecule has 31 heavy (non-hydrogen) atoms. The average Bonchev–Trinajstić information content (AvgIpc) is 3.05. The highest BCUT2D eigenvalue weighted by molar-refractivity contribution is 7.90. The molecule has 0 spiro atoms. The molecule has 4 rings (SSSR count). The number of aromatic nitrogens is 3. The highest BCUT2D eigenvalue weighted by Crippen LogP contribution is 2.25. The van der Waals surface area contributed by atoms with Crippen LogP contribution in [0.3, 0.4) is 0 Å². The lowest BCUT2D eigenvalue weighted by Gasteiger charge is -2.19. The van der Waals surface area contributed by atoms with Gasteiger partial charge < -0.3 is 0 Å². The Balaban J connectivity index is 1.64. The van der Waals surface area contributed by atoms with Gasteiger partial charge in [-0.25, -0.2) is 8.42 Å². The lowest BCUT2D eigenvalue weighted by molar-refractivity contribution is 0.583. The molecule has 2 heterocycles. The number of pyridine rings is 1. The Morgan fingerprint density at radius 3 is 2.45 bits per heavy atom. The van der Waals surface area contributed by atoms with Gasteiger partial charge in [-0.05, 0) is 53.1 Å². The van der Waals surface area contributed by atoms with Crippen LogP contribution in [0.15, 0.2) is 71.9 Å². The first kappa shape index (κ1) is 21.2. The van der Waals surface area contributed by atoms with Crippen molar-refractivity contribution in [1.29, 1.82) is 0 Å². The molecule has 0 aliphatic carbocycles. The fourth-order valence-corrected chi connectivity index (χ4v) is 5.12. The number of sulfone groups is 1. The molecule has 0 aliphatic rings. The van der Waals surface area contributed by atoms with Gasteiger partial charge in [-0.2, -0.15) is 5.10 Å². The zero-order valence-corrected chi connectivity index (χ0v) is 19.1. The lowest BCUT2D eigenvalue weighted by atomic mass is 9.87. The van der Waals surface area contributed by atoms with E-state index in [0.717, 1.165) is 27.6 Å². The first-order valence-electron chi connectivity index (χ1n) is 10.3. The minimum Gasteiger partial charge on any atom is -0.264 e. The Hall–Kier alpha value is -2.99. The van der Waals surface area contributed by atoms with Gasteiger partial charge in [-0.1, -0.05) is 51.1 Å². The van der Waals surface area contributed by atoms with E-state index in [0.29, 0.717) is 17.1 Å². The number of aryl methyl sites for hydroxylation is 1. The molecule has 0 saturated carbocycles. The number of nitrogens with zero attached hydrogens (tertiary/aromatic N) is 3. The molecule has 160 valence electrons. The summed E-state index contributed by atoms with van der Waals surface area (Å²) in [5, 5.41) is 6.72. The summed E-state index contributed by atoms with van der Waals surface area (Å²) in [7, 11) is -3.49. The van der Waals surface area contributed by atoms with Crippen LogP contribution in [-0.4, -0.2) is 23.2 Å². The van der Waals surface area contributed by atoms with Crippen molar-refractivity contribution in [1.82, 2.24) is 14.8 Å². The molecule has 0 atom stereocenters. The summed E-state index contributed by atoms with van der Waals surface area (Å²) in [6, 6.07) is 17.1. The Morgan fingerprint density at radius 2 is 1.74 bits per heavy atom. The van der Waals surface area contributed by atoms with E-state index >= 15 is 0 Å². The Kier molecular flexibility index (Phi) is 5.43. The summed E-state index contributed by atoms with van der Waals surface area (Å²) in [6.07, 6.45) is 3.60. The Labute approximate surface area is 183 Å². The van der Waals surface area contributed by atoms with Gasteiger partial charge in [-0.15, -0.1) is 0 Å². The fourth-order valence-electron chi connectivity index (χ4n) is 3.78. The van der Waals surface area contributed by atoms with Crippen molar-refractivity contribution in [3.05, 3.63) is 89.5 Å². The van der Waals surface area contributed by atoms with Crippen molar-refractivity contribution in [3.63, 3.8) is 0 Å². The predicted octanol–water partition coefficient (Wildman–Crippen LogP) is 5.06. The van der Waals surface area contributed by atoms with Crippen LogP contribution in [0, 0.1) is 6.92 Å². The zero-order chi connectivity index (χ0) is 22.2. The number of fused-ring (bicyclic) bond motifs is 1. The second-order valence-electron chi connectivity index (χ2n) is 8.98. The molecular weight excluding hydrogens is 406 g/mol. The normalized spacial score (nSPS) is 12.4. The summed E-state index contributed by atoms with van der Waals surface area (Å²) < 4.78 is 28.1. The predicted molar refractivity (Wildman–Crippen MR) is 124 cm³/mol. The van der Waals surface area contributed by atoms with Crippen molar-refractivity contribution in [3.8, 4) is 0 Å². The maximum atomic E-state index is 13.1. The maximum Gasteiger partial charge on any atom is 0.184 e. The van der Waals surface area contributed by atoms with E-state index < -0.39 is 9.84 Å². The molecule has 0 radical (unpaired) electrons. The van der Waals surface area contributed by atoms with E-state index in [1.165, 1.54) is 0 Å². The summed E-state index contributed by atoms with van der Waals surface area (Å²) in [5.41, 5.74) is 3.65. The van der Waals surface area contributed by atoms with Gasteiger partial charge in [0.15, 0.2) is 9.84 Å². The third-order valence-corrected chi connectivity index (χ3v) is 7.16. The van der Waals surface area contributed by atoms with Crippen LogP contribution in [0.2, 0.25) is 0 Å². The molecule has 0 bridgehead atoms. The molecule has 2 aromatic carbocycles. The van der Waals surface area contributed by atoms with Gasteiger partial charge in [0.25, 0.3) is 0 Å². The number of benzene rings is 2. The molecule has 6 heteroatoms. The SMILES string of the molecule is Cc1cc(CS(=O)(=O)c2ccc(C(C)(C)C)cc2)n(Cc2cccc3cnccc23)n1. The fraction of sp³-hybridized carbons (Fsp3) is 0.280. The van der Waals surface area contributed by atoms with E-state index in [-0.39, 0.29) is 11.2 Å². The number of hydrogen-bond donors (Lipinski definition) is 0. The van der Waals surface area contributed by atoms with Gasteiger partial charge in [0, 0.05) is 17.8 Å². The molecule has 0 N–H and O–H groups in total. The highest BCUT2D eigenvalue weighted by atomic mass is 32.2. The van der Waals surface area contributed by atoms with Crippen LogP contribution in [0.25, 0.3) is 10.8 Å². The Morgan fingerprint density at radius 1 is 1.00 bits per heavy atom. The van der Waals surface area contributed by atoms with Crippen molar-refractivity contribution < 1.29 is 8.42 Å². The molecular formula is C25H27N3O2S. The molecule has 2 aromatic heterocycles. The van der Waals surface area contributed by atoms with Crippen LogP contribution in [0.5, 0.6) is 0 Å². The van der Waals surface area contributed by atoms with E-state index in [9.17, 15) is 8.42 Å².